The topological polar surface area (TPSA) is 41.0 Å². The van der Waals surface area contributed by atoms with Gasteiger partial charge in [-0.2, -0.15) is 5.10 Å². The monoisotopic (exact) mass is 300 g/mol. The predicted octanol–water partition coefficient (Wildman–Crippen LogP) is 2.68. The second-order valence-corrected chi connectivity index (χ2v) is 5.82. The van der Waals surface area contributed by atoms with Crippen molar-refractivity contribution in [3.63, 3.8) is 0 Å². The van der Waals surface area contributed by atoms with Crippen molar-refractivity contribution in [2.75, 3.05) is 18.0 Å². The van der Waals surface area contributed by atoms with Crippen LogP contribution in [0.4, 0.5) is 10.2 Å². The Bertz CT molecular complexity index is 617. The zero-order chi connectivity index (χ0) is 15.4. The van der Waals surface area contributed by atoms with E-state index in [-0.39, 0.29) is 5.82 Å². The normalized spacial score (nSPS) is 18.5. The zero-order valence-corrected chi connectivity index (χ0v) is 12.8. The Morgan fingerprint density at radius 3 is 3.05 bits per heavy atom. The Morgan fingerprint density at radius 1 is 1.36 bits per heavy atom. The van der Waals surface area contributed by atoms with Gasteiger partial charge >= 0.3 is 0 Å². The van der Waals surface area contributed by atoms with E-state index in [0.29, 0.717) is 6.04 Å². The highest BCUT2D eigenvalue weighted by Crippen LogP contribution is 2.17. The molecule has 0 saturated carbocycles. The maximum atomic E-state index is 13.1. The van der Waals surface area contributed by atoms with Crippen molar-refractivity contribution in [2.45, 2.75) is 32.4 Å². The molecule has 1 saturated heterocycles. The number of benzene rings is 1. The van der Waals surface area contributed by atoms with Gasteiger partial charge in [-0.15, -0.1) is 5.10 Å². The molecule has 1 aromatic heterocycles. The Morgan fingerprint density at radius 2 is 2.27 bits per heavy atom. The first-order valence-corrected chi connectivity index (χ1v) is 7.73. The van der Waals surface area contributed by atoms with E-state index in [2.05, 4.69) is 20.4 Å². The smallest absolute Gasteiger partial charge is 0.151 e. The summed E-state index contributed by atoms with van der Waals surface area (Å²) in [5.41, 5.74) is 2.15. The molecule has 5 heteroatoms. The molecular weight excluding hydrogens is 279 g/mol. The molecule has 1 aromatic carbocycles. The van der Waals surface area contributed by atoms with Crippen molar-refractivity contribution in [3.05, 3.63) is 53.5 Å². The van der Waals surface area contributed by atoms with Gasteiger partial charge in [0.1, 0.15) is 5.82 Å². The van der Waals surface area contributed by atoms with Crippen LogP contribution in [0.2, 0.25) is 0 Å². The third-order valence-electron chi connectivity index (χ3n) is 4.19. The molecule has 2 heterocycles. The summed E-state index contributed by atoms with van der Waals surface area (Å²) in [6.45, 7) is 4.67. The molecule has 1 fully saturated rings. The van der Waals surface area contributed by atoms with E-state index in [1.807, 2.05) is 25.1 Å². The fraction of sp³-hybridized carbons (Fsp3) is 0.412. The molecule has 2 aromatic rings. The minimum absolute atomic E-state index is 0.173. The van der Waals surface area contributed by atoms with Crippen molar-refractivity contribution in [1.82, 2.24) is 15.5 Å². The second-order valence-electron chi connectivity index (χ2n) is 5.82. The van der Waals surface area contributed by atoms with Crippen LogP contribution in [-0.4, -0.2) is 29.3 Å². The summed E-state index contributed by atoms with van der Waals surface area (Å²) in [4.78, 5) is 2.27. The molecule has 0 bridgehead atoms. The summed E-state index contributed by atoms with van der Waals surface area (Å²) < 4.78 is 13.1. The van der Waals surface area contributed by atoms with Crippen LogP contribution in [-0.2, 0) is 6.54 Å². The lowest BCUT2D eigenvalue weighted by atomic mass is 10.0. The number of aromatic nitrogens is 2. The highest BCUT2D eigenvalue weighted by molar-refractivity contribution is 5.37. The SMILES string of the molecule is Cc1cc(F)ccc1CNC1CCCN(c2cccnn2)C1. The molecule has 116 valence electrons. The van der Waals surface area contributed by atoms with Gasteiger partial charge in [0, 0.05) is 31.9 Å². The van der Waals surface area contributed by atoms with Gasteiger partial charge < -0.3 is 10.2 Å². The summed E-state index contributed by atoms with van der Waals surface area (Å²) in [6, 6.07) is 9.31. The minimum atomic E-state index is -0.173. The highest BCUT2D eigenvalue weighted by atomic mass is 19.1. The molecule has 1 N–H and O–H groups in total. The molecule has 1 unspecified atom stereocenters. The molecule has 3 rings (SSSR count). The number of nitrogens with zero attached hydrogens (tertiary/aromatic N) is 3. The van der Waals surface area contributed by atoms with Crippen molar-refractivity contribution in [3.8, 4) is 0 Å². The maximum Gasteiger partial charge on any atom is 0.151 e. The Kier molecular flexibility index (Phi) is 4.63. The van der Waals surface area contributed by atoms with Gasteiger partial charge in [-0.3, -0.25) is 0 Å². The van der Waals surface area contributed by atoms with E-state index in [1.165, 1.54) is 6.07 Å². The van der Waals surface area contributed by atoms with Crippen LogP contribution in [0.5, 0.6) is 0 Å². The lowest BCUT2D eigenvalue weighted by molar-refractivity contribution is 0.419. The third kappa shape index (κ3) is 3.60. The lowest BCUT2D eigenvalue weighted by Gasteiger charge is -2.33. The molecule has 4 nitrogen and oxygen atoms in total. The summed E-state index contributed by atoms with van der Waals surface area (Å²) in [7, 11) is 0. The number of nitrogens with one attached hydrogen (secondary N) is 1. The van der Waals surface area contributed by atoms with E-state index in [0.717, 1.165) is 49.4 Å². The largest absolute Gasteiger partial charge is 0.354 e. The van der Waals surface area contributed by atoms with E-state index < -0.39 is 0 Å². The molecule has 1 aliphatic heterocycles. The van der Waals surface area contributed by atoms with Crippen LogP contribution in [0.25, 0.3) is 0 Å². The van der Waals surface area contributed by atoms with E-state index in [9.17, 15) is 4.39 Å². The first kappa shape index (κ1) is 14.9. The average Bonchev–Trinajstić information content (AvgIpc) is 2.55. The van der Waals surface area contributed by atoms with Crippen LogP contribution < -0.4 is 10.2 Å². The number of hydrogen-bond donors (Lipinski definition) is 1. The van der Waals surface area contributed by atoms with E-state index in [1.54, 1.807) is 12.3 Å². The van der Waals surface area contributed by atoms with Crippen molar-refractivity contribution in [1.29, 1.82) is 0 Å². The van der Waals surface area contributed by atoms with Crippen molar-refractivity contribution >= 4 is 5.82 Å². The summed E-state index contributed by atoms with van der Waals surface area (Å²) in [5.74, 6) is 0.764. The standard InChI is InChI=1S/C17H21FN4/c1-13-10-15(18)7-6-14(13)11-19-16-4-3-9-22(12-16)17-5-2-8-20-21-17/h2,5-8,10,16,19H,3-4,9,11-12H2,1H3. The van der Waals surface area contributed by atoms with Crippen LogP contribution in [0.1, 0.15) is 24.0 Å². The first-order valence-electron chi connectivity index (χ1n) is 7.73. The summed E-state index contributed by atoms with van der Waals surface area (Å²) in [5, 5.41) is 11.7. The molecule has 22 heavy (non-hydrogen) atoms. The molecule has 0 spiro atoms. The van der Waals surface area contributed by atoms with Gasteiger partial charge in [-0.1, -0.05) is 6.07 Å². The third-order valence-corrected chi connectivity index (χ3v) is 4.19. The molecule has 1 aliphatic rings. The first-order chi connectivity index (χ1) is 10.7. The maximum absolute atomic E-state index is 13.1. The quantitative estimate of drug-likeness (QED) is 0.942. The van der Waals surface area contributed by atoms with E-state index >= 15 is 0 Å². The Labute approximate surface area is 130 Å². The van der Waals surface area contributed by atoms with Gasteiger partial charge in [0.05, 0.1) is 0 Å². The number of piperidine rings is 1. The molecular formula is C17H21FN4. The van der Waals surface area contributed by atoms with Gasteiger partial charge in [0.2, 0.25) is 0 Å². The lowest BCUT2D eigenvalue weighted by Crippen LogP contribution is -2.45. The van der Waals surface area contributed by atoms with Crippen LogP contribution in [0.15, 0.2) is 36.5 Å². The zero-order valence-electron chi connectivity index (χ0n) is 12.8. The summed E-state index contributed by atoms with van der Waals surface area (Å²) in [6.07, 6.45) is 3.98. The number of hydrogen-bond acceptors (Lipinski definition) is 4. The highest BCUT2D eigenvalue weighted by Gasteiger charge is 2.20. The average molecular weight is 300 g/mol. The van der Waals surface area contributed by atoms with E-state index in [4.69, 9.17) is 0 Å². The molecule has 0 aliphatic carbocycles. The number of aryl methyl sites for hydroxylation is 1. The van der Waals surface area contributed by atoms with Gasteiger partial charge in [-0.25, -0.2) is 4.39 Å². The Balaban J connectivity index is 1.59. The Hall–Kier alpha value is -2.01. The second kappa shape index (κ2) is 6.83. The summed E-state index contributed by atoms with van der Waals surface area (Å²) >= 11 is 0. The molecule has 0 radical (unpaired) electrons. The minimum Gasteiger partial charge on any atom is -0.354 e. The van der Waals surface area contributed by atoms with Crippen molar-refractivity contribution in [2.24, 2.45) is 0 Å². The fourth-order valence-electron chi connectivity index (χ4n) is 2.93. The fourth-order valence-corrected chi connectivity index (χ4v) is 2.93. The van der Waals surface area contributed by atoms with Crippen LogP contribution in [0.3, 0.4) is 0 Å². The molecule has 1 atom stereocenters. The predicted molar refractivity (Wildman–Crippen MR) is 85.2 cm³/mol. The van der Waals surface area contributed by atoms with Crippen LogP contribution in [0, 0.1) is 12.7 Å². The van der Waals surface area contributed by atoms with Gasteiger partial charge in [0.15, 0.2) is 5.82 Å². The molecule has 0 amide bonds. The van der Waals surface area contributed by atoms with Crippen LogP contribution >= 0.6 is 0 Å². The number of rotatable bonds is 4. The van der Waals surface area contributed by atoms with Crippen molar-refractivity contribution < 1.29 is 4.39 Å². The number of anilines is 1. The number of halogens is 1. The van der Waals surface area contributed by atoms with Gasteiger partial charge in [0.25, 0.3) is 0 Å². The van der Waals surface area contributed by atoms with Gasteiger partial charge in [-0.05, 0) is 55.2 Å².